The van der Waals surface area contributed by atoms with E-state index in [9.17, 15) is 19.5 Å². The van der Waals surface area contributed by atoms with Crippen molar-refractivity contribution in [3.05, 3.63) is 36.2 Å². The highest BCUT2D eigenvalue weighted by molar-refractivity contribution is 6.00. The normalized spacial score (nSPS) is 15.5. The number of Topliss-reactive ketones (excluding diaryl/α,β-unsaturated/α-hetero) is 1. The highest BCUT2D eigenvalue weighted by atomic mass is 16.5. The Balaban J connectivity index is 1.73. The van der Waals surface area contributed by atoms with E-state index in [2.05, 4.69) is 25.9 Å². The van der Waals surface area contributed by atoms with Gasteiger partial charge in [-0.2, -0.15) is 0 Å². The Kier molecular flexibility index (Phi) is 10.5. The van der Waals surface area contributed by atoms with Crippen molar-refractivity contribution in [1.82, 2.24) is 35.3 Å². The Morgan fingerprint density at radius 1 is 1.00 bits per heavy atom. The van der Waals surface area contributed by atoms with Crippen LogP contribution in [-0.4, -0.2) is 79.6 Å². The molecule has 0 radical (unpaired) electrons. The summed E-state index contributed by atoms with van der Waals surface area (Å²) in [5.41, 5.74) is 8.26. The number of nitrogens with one attached hydrogen (secondary N) is 1. The van der Waals surface area contributed by atoms with Gasteiger partial charge in [-0.1, -0.05) is 24.3 Å². The molecule has 1 fully saturated rings. The fourth-order valence-corrected chi connectivity index (χ4v) is 5.25. The van der Waals surface area contributed by atoms with Gasteiger partial charge >= 0.3 is 11.9 Å². The molecule has 3 aromatic rings. The average Bonchev–Trinajstić information content (AvgIpc) is 3.68. The maximum absolute atomic E-state index is 13.6. The molecule has 4 N–H and O–H groups in total. The molecule has 1 aromatic carbocycles. The third-order valence-electron chi connectivity index (χ3n) is 7.56. The molecule has 0 bridgehead atoms. The van der Waals surface area contributed by atoms with Crippen molar-refractivity contribution >= 4 is 17.7 Å². The topological polar surface area (TPSA) is 180 Å². The fourth-order valence-electron chi connectivity index (χ4n) is 5.25. The molecule has 0 spiro atoms. The summed E-state index contributed by atoms with van der Waals surface area (Å²) in [7, 11) is 1.33. The molecule has 2 aromatic heterocycles. The van der Waals surface area contributed by atoms with E-state index in [4.69, 9.17) is 10.5 Å². The lowest BCUT2D eigenvalue weighted by atomic mass is 9.88. The highest BCUT2D eigenvalue weighted by Gasteiger charge is 2.27. The van der Waals surface area contributed by atoms with E-state index >= 15 is 0 Å². The zero-order valence-corrected chi connectivity index (χ0v) is 24.4. The summed E-state index contributed by atoms with van der Waals surface area (Å²) in [6, 6.07) is 3.86. The quantitative estimate of drug-likeness (QED) is 0.145. The highest BCUT2D eigenvalue weighted by Crippen LogP contribution is 2.30. The van der Waals surface area contributed by atoms with Crippen molar-refractivity contribution in [2.24, 2.45) is 17.6 Å². The number of carbonyl (C=O) groups excluding carboxylic acids is 2. The van der Waals surface area contributed by atoms with Gasteiger partial charge in [-0.3, -0.25) is 4.79 Å². The minimum atomic E-state index is -0.987. The first-order valence-electron chi connectivity index (χ1n) is 14.5. The molecular weight excluding hydrogens is 540 g/mol. The summed E-state index contributed by atoms with van der Waals surface area (Å²) in [6.45, 7) is 5.97. The van der Waals surface area contributed by atoms with E-state index in [1.807, 2.05) is 19.9 Å². The lowest BCUT2D eigenvalue weighted by Gasteiger charge is -2.21. The second kappa shape index (κ2) is 14.3. The minimum absolute atomic E-state index is 0.0248. The second-order valence-electron chi connectivity index (χ2n) is 11.2. The minimum Gasteiger partial charge on any atom is -0.480 e. The number of aromatic nitrogens is 6. The molecule has 1 saturated heterocycles. The molecule has 1 aliphatic rings. The molecule has 1 aliphatic heterocycles. The Morgan fingerprint density at radius 2 is 1.60 bits per heavy atom. The van der Waals surface area contributed by atoms with E-state index in [1.165, 1.54) is 16.5 Å². The fraction of sp³-hybridized carbons (Fsp3) is 0.552. The van der Waals surface area contributed by atoms with Crippen molar-refractivity contribution < 1.29 is 24.2 Å². The van der Waals surface area contributed by atoms with E-state index < -0.39 is 24.0 Å². The molecule has 2 atom stereocenters. The van der Waals surface area contributed by atoms with Crippen molar-refractivity contribution in [3.8, 4) is 22.5 Å². The molecule has 0 unspecified atom stereocenters. The summed E-state index contributed by atoms with van der Waals surface area (Å²) in [4.78, 5) is 38.1. The Hall–Kier alpha value is -3.97. The van der Waals surface area contributed by atoms with Gasteiger partial charge in [0.1, 0.15) is 11.4 Å². The van der Waals surface area contributed by atoms with Gasteiger partial charge in [0, 0.05) is 22.6 Å². The largest absolute Gasteiger partial charge is 0.480 e. The van der Waals surface area contributed by atoms with Gasteiger partial charge in [-0.05, 0) is 82.3 Å². The SMILES string of the molecule is COC(=O)[C@H](CCCCN)n1cc(-c2cc(C(=O)C3CCNCC3)cc(-c3cn([C@@H](CC(C)C)C(=O)O)nn3)c2)nn1. The van der Waals surface area contributed by atoms with Gasteiger partial charge in [0.2, 0.25) is 0 Å². The van der Waals surface area contributed by atoms with Crippen LogP contribution in [0.4, 0.5) is 0 Å². The molecule has 42 heavy (non-hydrogen) atoms. The first kappa shape index (κ1) is 31.0. The Morgan fingerprint density at radius 3 is 2.12 bits per heavy atom. The summed E-state index contributed by atoms with van der Waals surface area (Å²) >= 11 is 0. The number of methoxy groups -OCH3 is 1. The lowest BCUT2D eigenvalue weighted by Crippen LogP contribution is -2.31. The number of rotatable bonds is 14. The van der Waals surface area contributed by atoms with Gasteiger partial charge in [-0.25, -0.2) is 19.0 Å². The van der Waals surface area contributed by atoms with Crippen LogP contribution in [0.5, 0.6) is 0 Å². The van der Waals surface area contributed by atoms with Gasteiger partial charge in [0.05, 0.1) is 19.5 Å². The van der Waals surface area contributed by atoms with Gasteiger partial charge in [0.25, 0.3) is 0 Å². The van der Waals surface area contributed by atoms with Crippen molar-refractivity contribution in [2.45, 2.75) is 64.5 Å². The number of carboxylic acid groups (broad SMARTS) is 1. The maximum atomic E-state index is 13.6. The number of hydrogen-bond acceptors (Lipinski definition) is 10. The second-order valence-corrected chi connectivity index (χ2v) is 11.2. The number of carboxylic acids is 1. The average molecular weight is 581 g/mol. The van der Waals surface area contributed by atoms with Gasteiger partial charge < -0.3 is 20.9 Å². The van der Waals surface area contributed by atoms with Crippen molar-refractivity contribution in [1.29, 1.82) is 0 Å². The lowest BCUT2D eigenvalue weighted by molar-refractivity contribution is -0.145. The number of carbonyl (C=O) groups is 3. The standard InChI is InChI=1S/C29H40N8O5/c1-18(2)12-26(28(39)40)37-17-24(33-35-37)21-13-20(14-22(15-21)27(38)19-7-10-31-11-8-19)23-16-36(34-32-23)25(29(41)42-3)6-4-5-9-30/h13-19,25-26,31H,4-12,30H2,1-3H3,(H,39,40)/t25-,26-/m0/s1. The first-order chi connectivity index (χ1) is 20.2. The number of piperidine rings is 1. The number of ketones is 1. The third-order valence-corrected chi connectivity index (χ3v) is 7.56. The number of unbranched alkanes of at least 4 members (excludes halogenated alkanes) is 1. The summed E-state index contributed by atoms with van der Waals surface area (Å²) in [5, 5.41) is 30.0. The van der Waals surface area contributed by atoms with Crippen LogP contribution in [0.3, 0.4) is 0 Å². The van der Waals surface area contributed by atoms with Crippen LogP contribution in [0.1, 0.15) is 74.8 Å². The van der Waals surface area contributed by atoms with E-state index in [-0.39, 0.29) is 17.6 Å². The van der Waals surface area contributed by atoms with Crippen molar-refractivity contribution in [3.63, 3.8) is 0 Å². The molecule has 3 heterocycles. The Bertz CT molecular complexity index is 1380. The number of nitrogens with two attached hydrogens (primary N) is 1. The summed E-state index contributed by atoms with van der Waals surface area (Å²) in [5.74, 6) is -1.36. The zero-order chi connectivity index (χ0) is 30.2. The molecule has 13 nitrogen and oxygen atoms in total. The number of esters is 1. The number of benzene rings is 1. The predicted octanol–water partition coefficient (Wildman–Crippen LogP) is 2.90. The number of aliphatic carboxylic acids is 1. The van der Waals surface area contributed by atoms with Crippen LogP contribution in [-0.2, 0) is 14.3 Å². The Labute approximate surface area is 244 Å². The number of hydrogen-bond donors (Lipinski definition) is 3. The first-order valence-corrected chi connectivity index (χ1v) is 14.5. The van der Waals surface area contributed by atoms with Crippen molar-refractivity contribution in [2.75, 3.05) is 26.7 Å². The predicted molar refractivity (Wildman–Crippen MR) is 154 cm³/mol. The molecule has 226 valence electrons. The maximum Gasteiger partial charge on any atom is 0.330 e. The molecular formula is C29H40N8O5. The molecule has 13 heteroatoms. The van der Waals surface area contributed by atoms with Gasteiger partial charge in [0.15, 0.2) is 17.9 Å². The van der Waals surface area contributed by atoms with Crippen LogP contribution in [0.2, 0.25) is 0 Å². The molecule has 4 rings (SSSR count). The van der Waals surface area contributed by atoms with Crippen LogP contribution in [0.15, 0.2) is 30.6 Å². The molecule has 0 amide bonds. The smallest absolute Gasteiger partial charge is 0.330 e. The van der Waals surface area contributed by atoms with Crippen LogP contribution >= 0.6 is 0 Å². The zero-order valence-electron chi connectivity index (χ0n) is 24.4. The molecule has 0 saturated carbocycles. The van der Waals surface area contributed by atoms with E-state index in [0.717, 1.165) is 38.8 Å². The third kappa shape index (κ3) is 7.45. The van der Waals surface area contributed by atoms with E-state index in [0.29, 0.717) is 47.5 Å². The van der Waals surface area contributed by atoms with Gasteiger partial charge in [-0.15, -0.1) is 10.2 Å². The van der Waals surface area contributed by atoms with Crippen LogP contribution < -0.4 is 11.1 Å². The summed E-state index contributed by atoms with van der Waals surface area (Å²) in [6.07, 6.45) is 7.12. The number of nitrogens with zero attached hydrogens (tertiary/aromatic N) is 6. The van der Waals surface area contributed by atoms with E-state index in [1.54, 1.807) is 24.5 Å². The monoisotopic (exact) mass is 580 g/mol. The van der Waals surface area contributed by atoms with Crippen LogP contribution in [0, 0.1) is 11.8 Å². The number of ether oxygens (including phenoxy) is 1. The molecule has 0 aliphatic carbocycles. The van der Waals surface area contributed by atoms with Crippen LogP contribution in [0.25, 0.3) is 22.5 Å². The summed E-state index contributed by atoms with van der Waals surface area (Å²) < 4.78 is 7.84.